The Labute approximate surface area is 197 Å². The van der Waals surface area contributed by atoms with Crippen molar-refractivity contribution in [1.29, 1.82) is 10.5 Å². The van der Waals surface area contributed by atoms with E-state index in [0.29, 0.717) is 12.1 Å². The number of aliphatic hydroxyl groups excluding tert-OH is 1. The van der Waals surface area contributed by atoms with Crippen molar-refractivity contribution in [3.8, 4) is 17.9 Å². The van der Waals surface area contributed by atoms with Gasteiger partial charge in [0.05, 0.1) is 39.8 Å². The summed E-state index contributed by atoms with van der Waals surface area (Å²) < 4.78 is 87.9. The fourth-order valence-corrected chi connectivity index (χ4v) is 4.38. The van der Waals surface area contributed by atoms with Crippen molar-refractivity contribution in [3.05, 3.63) is 58.7 Å². The number of nitrogens with zero attached hydrogens (tertiary/aromatic N) is 3. The van der Waals surface area contributed by atoms with Gasteiger partial charge in [-0.25, -0.2) is 8.51 Å². The number of aromatic hydroxyl groups is 1. The van der Waals surface area contributed by atoms with Gasteiger partial charge < -0.3 is 15.3 Å². The Morgan fingerprint density at radius 2 is 1.69 bits per heavy atom. The third-order valence-electron chi connectivity index (χ3n) is 4.87. The highest BCUT2D eigenvalue weighted by Gasteiger charge is 2.39. The standard InChI is InChI=1S/C13H13F3N2O3S.C8H4F3NO/c14-13(15,16)10-1-2-11(9(5-10)6-17)22(21)18-4-3-12(20,7-18)8-19;9-8(10,11)6-3-5(4-12)1-2-7(6)13/h1-2,5,19-20H,3-4,7-8H2;1-3,13H. The first-order valence-corrected chi connectivity index (χ1v) is 10.7. The number of β-amino-alcohol motifs (C(OH)–C–C–N with tert-alkyl or cyclic N) is 1. The Hall–Kier alpha value is -3.17. The van der Waals surface area contributed by atoms with Gasteiger partial charge in [-0.3, -0.25) is 0 Å². The van der Waals surface area contributed by atoms with Crippen LogP contribution in [0.3, 0.4) is 0 Å². The molecule has 1 aliphatic heterocycles. The van der Waals surface area contributed by atoms with Crippen LogP contribution in [0.4, 0.5) is 26.3 Å². The van der Waals surface area contributed by atoms with Crippen LogP contribution in [0, 0.1) is 22.7 Å². The number of rotatable bonds is 3. The predicted octanol–water partition coefficient (Wildman–Crippen LogP) is 3.31. The van der Waals surface area contributed by atoms with Gasteiger partial charge in [-0.15, -0.1) is 0 Å². The number of benzene rings is 2. The number of phenols is 1. The molecular formula is C21H17F6N3O4S. The molecule has 3 rings (SSSR count). The van der Waals surface area contributed by atoms with Crippen LogP contribution in [0.2, 0.25) is 0 Å². The van der Waals surface area contributed by atoms with Gasteiger partial charge in [0.1, 0.15) is 28.4 Å². The molecule has 0 bridgehead atoms. The molecule has 188 valence electrons. The molecule has 1 fully saturated rings. The molecule has 1 saturated heterocycles. The molecule has 1 aliphatic rings. The molecule has 2 unspecified atom stereocenters. The number of hydrogen-bond donors (Lipinski definition) is 3. The lowest BCUT2D eigenvalue weighted by molar-refractivity contribution is -0.139. The molecule has 2 aromatic rings. The van der Waals surface area contributed by atoms with E-state index in [2.05, 4.69) is 0 Å². The van der Waals surface area contributed by atoms with E-state index < -0.39 is 52.4 Å². The zero-order valence-electron chi connectivity index (χ0n) is 17.6. The van der Waals surface area contributed by atoms with Gasteiger partial charge in [0.2, 0.25) is 0 Å². The van der Waals surface area contributed by atoms with Crippen LogP contribution < -0.4 is 0 Å². The lowest BCUT2D eigenvalue weighted by atomic mass is 10.1. The maximum atomic E-state index is 12.6. The molecule has 2 aromatic carbocycles. The zero-order valence-corrected chi connectivity index (χ0v) is 18.4. The molecule has 14 heteroatoms. The van der Waals surface area contributed by atoms with Crippen LogP contribution in [0.1, 0.15) is 28.7 Å². The van der Waals surface area contributed by atoms with Gasteiger partial charge in [0.15, 0.2) is 0 Å². The Balaban J connectivity index is 0.000000283. The molecule has 0 spiro atoms. The second kappa shape index (κ2) is 10.6. The van der Waals surface area contributed by atoms with Gasteiger partial charge in [-0.2, -0.15) is 36.9 Å². The smallest absolute Gasteiger partial charge is 0.419 e. The SMILES string of the molecule is N#Cc1cc(C(F)(F)F)ccc1S(=O)N1CCC(O)(CO)C1.N#Cc1ccc(O)c(C(F)(F)F)c1. The van der Waals surface area contributed by atoms with Crippen molar-refractivity contribution >= 4 is 11.0 Å². The summed E-state index contributed by atoms with van der Waals surface area (Å²) in [6.45, 7) is -0.379. The van der Waals surface area contributed by atoms with E-state index in [1.54, 1.807) is 12.1 Å². The number of hydrogen-bond acceptors (Lipinski definition) is 6. The minimum Gasteiger partial charge on any atom is -0.507 e. The summed E-state index contributed by atoms with van der Waals surface area (Å²) in [5, 5.41) is 45.1. The van der Waals surface area contributed by atoms with Crippen LogP contribution in [-0.2, 0) is 23.3 Å². The van der Waals surface area contributed by atoms with Crippen molar-refractivity contribution in [2.24, 2.45) is 0 Å². The Morgan fingerprint density at radius 3 is 2.17 bits per heavy atom. The summed E-state index contributed by atoms with van der Waals surface area (Å²) in [5.74, 6) is -0.869. The highest BCUT2D eigenvalue weighted by atomic mass is 32.2. The summed E-state index contributed by atoms with van der Waals surface area (Å²) in [5.41, 5.74) is -4.02. The van der Waals surface area contributed by atoms with Gasteiger partial charge in [0.25, 0.3) is 0 Å². The molecule has 0 amide bonds. The van der Waals surface area contributed by atoms with Crippen molar-refractivity contribution in [3.63, 3.8) is 0 Å². The van der Waals surface area contributed by atoms with E-state index in [9.17, 15) is 35.7 Å². The van der Waals surface area contributed by atoms with Gasteiger partial charge in [-0.1, -0.05) is 0 Å². The van der Waals surface area contributed by atoms with Crippen molar-refractivity contribution < 1.29 is 45.9 Å². The van der Waals surface area contributed by atoms with E-state index in [1.807, 2.05) is 0 Å². The van der Waals surface area contributed by atoms with E-state index in [1.165, 1.54) is 4.31 Å². The number of aliphatic hydroxyl groups is 2. The predicted molar refractivity (Wildman–Crippen MR) is 109 cm³/mol. The molecule has 7 nitrogen and oxygen atoms in total. The average molecular weight is 521 g/mol. The third-order valence-corrected chi connectivity index (χ3v) is 6.39. The summed E-state index contributed by atoms with van der Waals surface area (Å²) >= 11 is 0. The average Bonchev–Trinajstić information content (AvgIpc) is 3.20. The molecule has 0 saturated carbocycles. The fraction of sp³-hybridized carbons (Fsp3) is 0.333. The maximum absolute atomic E-state index is 12.6. The molecule has 0 aromatic heterocycles. The molecule has 3 N–H and O–H groups in total. The largest absolute Gasteiger partial charge is 0.507 e. The lowest BCUT2D eigenvalue weighted by Crippen LogP contribution is -2.37. The molecule has 2 atom stereocenters. The van der Waals surface area contributed by atoms with Gasteiger partial charge >= 0.3 is 12.4 Å². The second-order valence-electron chi connectivity index (χ2n) is 7.41. The van der Waals surface area contributed by atoms with Gasteiger partial charge in [-0.05, 0) is 42.8 Å². The summed E-state index contributed by atoms with van der Waals surface area (Å²) in [6, 6.07) is 8.17. The first-order valence-electron chi connectivity index (χ1n) is 9.57. The molecular weight excluding hydrogens is 504 g/mol. The molecule has 1 heterocycles. The first-order chi connectivity index (χ1) is 16.1. The second-order valence-corrected chi connectivity index (χ2v) is 8.86. The van der Waals surface area contributed by atoms with Gasteiger partial charge in [0, 0.05) is 13.1 Å². The quantitative estimate of drug-likeness (QED) is 0.532. The van der Waals surface area contributed by atoms with Crippen LogP contribution in [0.5, 0.6) is 5.75 Å². The first kappa shape index (κ1) is 28.1. The van der Waals surface area contributed by atoms with Crippen LogP contribution in [0.15, 0.2) is 41.3 Å². The number of nitriles is 2. The minimum absolute atomic E-state index is 0.0438. The number of phenolic OH excluding ortho intramolecular Hbond substituents is 1. The van der Waals surface area contributed by atoms with E-state index in [4.69, 9.17) is 20.7 Å². The monoisotopic (exact) mass is 521 g/mol. The van der Waals surface area contributed by atoms with Crippen molar-refractivity contribution in [1.82, 2.24) is 4.31 Å². The van der Waals surface area contributed by atoms with Crippen LogP contribution in [-0.4, -0.2) is 49.1 Å². The number of halogens is 6. The van der Waals surface area contributed by atoms with Crippen molar-refractivity contribution in [2.75, 3.05) is 19.7 Å². The maximum Gasteiger partial charge on any atom is 0.419 e. The fourth-order valence-electron chi connectivity index (χ4n) is 3.01. The van der Waals surface area contributed by atoms with E-state index in [-0.39, 0.29) is 35.5 Å². The zero-order chi connectivity index (χ0) is 26.6. The normalized spacial score (nSPS) is 19.3. The Morgan fingerprint density at radius 1 is 1.03 bits per heavy atom. The van der Waals surface area contributed by atoms with Crippen molar-refractivity contribution in [2.45, 2.75) is 29.3 Å². The summed E-state index contributed by atoms with van der Waals surface area (Å²) in [7, 11) is -1.88. The highest BCUT2D eigenvalue weighted by Crippen LogP contribution is 2.36. The molecule has 0 radical (unpaired) electrons. The van der Waals surface area contributed by atoms with Crippen LogP contribution >= 0.6 is 0 Å². The third kappa shape index (κ3) is 6.93. The summed E-state index contributed by atoms with van der Waals surface area (Å²) in [6.07, 6.45) is -9.02. The lowest BCUT2D eigenvalue weighted by Gasteiger charge is -2.20. The Bertz CT molecular complexity index is 1190. The highest BCUT2D eigenvalue weighted by molar-refractivity contribution is 7.82. The van der Waals surface area contributed by atoms with E-state index in [0.717, 1.165) is 24.3 Å². The number of alkyl halides is 6. The van der Waals surface area contributed by atoms with Crippen LogP contribution in [0.25, 0.3) is 0 Å². The molecule has 0 aliphatic carbocycles. The Kier molecular flexibility index (Phi) is 8.52. The minimum atomic E-state index is -4.63. The molecule has 35 heavy (non-hydrogen) atoms. The summed E-state index contributed by atoms with van der Waals surface area (Å²) in [4.78, 5) is -0.0438. The van der Waals surface area contributed by atoms with E-state index >= 15 is 0 Å². The topological polar surface area (TPSA) is 129 Å².